The number of aromatic nitrogens is 1. The van der Waals surface area contributed by atoms with Gasteiger partial charge in [0.05, 0.1) is 24.8 Å². The van der Waals surface area contributed by atoms with E-state index >= 15 is 0 Å². The molecule has 9 heteroatoms. The summed E-state index contributed by atoms with van der Waals surface area (Å²) in [6.45, 7) is 2.88. The van der Waals surface area contributed by atoms with E-state index in [9.17, 15) is 14.4 Å². The second kappa shape index (κ2) is 13.9. The van der Waals surface area contributed by atoms with Gasteiger partial charge in [-0.1, -0.05) is 31.5 Å². The lowest BCUT2D eigenvalue weighted by Crippen LogP contribution is -2.30. The predicted octanol–water partition coefficient (Wildman–Crippen LogP) is 5.05. The first-order valence-electron chi connectivity index (χ1n) is 15.0. The van der Waals surface area contributed by atoms with Gasteiger partial charge in [-0.3, -0.25) is 19.4 Å². The van der Waals surface area contributed by atoms with Crippen molar-refractivity contribution in [2.45, 2.75) is 64.0 Å². The van der Waals surface area contributed by atoms with E-state index < -0.39 is 0 Å². The molecule has 2 aliphatic rings. The summed E-state index contributed by atoms with van der Waals surface area (Å²) in [5, 5.41) is 6.31. The van der Waals surface area contributed by atoms with Crippen LogP contribution in [0.4, 0.5) is 5.69 Å². The Bertz CT molecular complexity index is 1490. The average Bonchev–Trinajstić information content (AvgIpc) is 3.86. The molecule has 9 nitrogen and oxygen atoms in total. The summed E-state index contributed by atoms with van der Waals surface area (Å²) in [6, 6.07) is 14.9. The smallest absolute Gasteiger partial charge is 0.310 e. The fraction of sp³-hybridized carbons (Fsp3) is 0.412. The van der Waals surface area contributed by atoms with Crippen molar-refractivity contribution < 1.29 is 23.9 Å². The number of amides is 2. The van der Waals surface area contributed by atoms with Crippen molar-refractivity contribution in [1.29, 1.82) is 0 Å². The number of fused-ring (bicyclic) bond motifs is 4. The van der Waals surface area contributed by atoms with E-state index in [1.54, 1.807) is 13.3 Å². The van der Waals surface area contributed by atoms with Crippen LogP contribution in [-0.2, 0) is 32.0 Å². The Morgan fingerprint density at radius 1 is 1.05 bits per heavy atom. The quantitative estimate of drug-likeness (QED) is 0.237. The van der Waals surface area contributed by atoms with Crippen LogP contribution in [-0.4, -0.2) is 43.1 Å². The molecule has 0 spiro atoms. The molecule has 1 saturated carbocycles. The summed E-state index contributed by atoms with van der Waals surface area (Å²) in [5.41, 5.74) is 12.6. The highest BCUT2D eigenvalue weighted by atomic mass is 16.6. The number of rotatable bonds is 9. The maximum absolute atomic E-state index is 13.5. The number of carbonyl (C=O) groups excluding carboxylic acids is 3. The van der Waals surface area contributed by atoms with Gasteiger partial charge < -0.3 is 25.8 Å². The molecule has 0 unspecified atom stereocenters. The molecule has 0 radical (unpaired) electrons. The SMILES string of the molecule is COCCOC(=O)Cc1ccc2c(c1)NC(=O)[C@@H](C)CCC[C@H](NC(=O)c1ccc(CN)c(C3CC3)c1)c1cc-2ccn1. The molecule has 1 aliphatic carbocycles. The molecule has 5 rings (SSSR count). The number of ether oxygens (including phenoxy) is 2. The van der Waals surface area contributed by atoms with E-state index in [1.165, 1.54) is 5.56 Å². The number of hydrogen-bond donors (Lipinski definition) is 3. The van der Waals surface area contributed by atoms with Crippen LogP contribution >= 0.6 is 0 Å². The largest absolute Gasteiger partial charge is 0.463 e. The number of esters is 1. The van der Waals surface area contributed by atoms with Crippen LogP contribution in [0.15, 0.2) is 54.7 Å². The highest BCUT2D eigenvalue weighted by molar-refractivity contribution is 5.97. The molecule has 2 bridgehead atoms. The molecule has 4 N–H and O–H groups in total. The minimum Gasteiger partial charge on any atom is -0.463 e. The van der Waals surface area contributed by atoms with Gasteiger partial charge in [-0.2, -0.15) is 0 Å². The molecule has 1 aliphatic heterocycles. The lowest BCUT2D eigenvalue weighted by Gasteiger charge is -2.22. The number of anilines is 1. The Balaban J connectivity index is 1.43. The average molecular weight is 585 g/mol. The van der Waals surface area contributed by atoms with Crippen LogP contribution < -0.4 is 16.4 Å². The van der Waals surface area contributed by atoms with E-state index in [2.05, 4.69) is 15.6 Å². The van der Waals surface area contributed by atoms with Gasteiger partial charge in [-0.15, -0.1) is 0 Å². The van der Waals surface area contributed by atoms with Gasteiger partial charge in [0.15, 0.2) is 0 Å². The maximum Gasteiger partial charge on any atom is 0.310 e. The van der Waals surface area contributed by atoms with Crippen molar-refractivity contribution in [3.05, 3.63) is 82.7 Å². The molecular weight excluding hydrogens is 544 g/mol. The molecule has 2 heterocycles. The van der Waals surface area contributed by atoms with Crippen molar-refractivity contribution in [3.63, 3.8) is 0 Å². The molecule has 1 aromatic heterocycles. The van der Waals surface area contributed by atoms with E-state index in [-0.39, 0.29) is 42.8 Å². The van der Waals surface area contributed by atoms with Crippen molar-refractivity contribution >= 4 is 23.5 Å². The number of carbonyl (C=O) groups is 3. The summed E-state index contributed by atoms with van der Waals surface area (Å²) in [7, 11) is 1.55. The van der Waals surface area contributed by atoms with Crippen molar-refractivity contribution in [2.75, 3.05) is 25.6 Å². The number of hydrogen-bond acceptors (Lipinski definition) is 7. The first kappa shape index (κ1) is 30.4. The molecule has 2 aromatic carbocycles. The zero-order valence-electron chi connectivity index (χ0n) is 24.9. The van der Waals surface area contributed by atoms with Gasteiger partial charge in [-0.25, -0.2) is 0 Å². The number of pyridine rings is 1. The summed E-state index contributed by atoms with van der Waals surface area (Å²) in [5.74, 6) is -0.369. The van der Waals surface area contributed by atoms with Crippen LogP contribution in [0.1, 0.15) is 83.7 Å². The Morgan fingerprint density at radius 2 is 1.88 bits per heavy atom. The summed E-state index contributed by atoms with van der Waals surface area (Å²) in [6.07, 6.45) is 6.09. The van der Waals surface area contributed by atoms with Crippen molar-refractivity contribution in [3.8, 4) is 11.1 Å². The second-order valence-electron chi connectivity index (χ2n) is 11.5. The van der Waals surface area contributed by atoms with Gasteiger partial charge in [0.25, 0.3) is 5.91 Å². The van der Waals surface area contributed by atoms with E-state index in [0.29, 0.717) is 43.2 Å². The molecule has 3 aromatic rings. The first-order chi connectivity index (χ1) is 20.9. The van der Waals surface area contributed by atoms with Crippen molar-refractivity contribution in [1.82, 2.24) is 10.3 Å². The van der Waals surface area contributed by atoms with Crippen LogP contribution in [0.2, 0.25) is 0 Å². The first-order valence-corrected chi connectivity index (χ1v) is 15.0. The third-order valence-corrected chi connectivity index (χ3v) is 8.22. The number of nitrogens with one attached hydrogen (secondary N) is 2. The Labute approximate surface area is 252 Å². The maximum atomic E-state index is 13.5. The molecule has 43 heavy (non-hydrogen) atoms. The summed E-state index contributed by atoms with van der Waals surface area (Å²) < 4.78 is 10.2. The van der Waals surface area contributed by atoms with Crippen molar-refractivity contribution in [2.24, 2.45) is 11.7 Å². The molecule has 0 saturated heterocycles. The van der Waals surface area contributed by atoms with Gasteiger partial charge in [-0.05, 0) is 84.2 Å². The normalized spacial score (nSPS) is 18.4. The topological polar surface area (TPSA) is 133 Å². The van der Waals surface area contributed by atoms with Crippen LogP contribution in [0, 0.1) is 5.92 Å². The highest BCUT2D eigenvalue weighted by Crippen LogP contribution is 2.42. The summed E-state index contributed by atoms with van der Waals surface area (Å²) >= 11 is 0. The number of benzene rings is 2. The van der Waals surface area contributed by atoms with E-state index in [1.807, 2.05) is 55.5 Å². The Hall–Kier alpha value is -4.08. The lowest BCUT2D eigenvalue weighted by molar-refractivity contribution is -0.144. The van der Waals surface area contributed by atoms with Gasteiger partial charge in [0, 0.05) is 42.6 Å². The van der Waals surface area contributed by atoms with Crippen LogP contribution in [0.3, 0.4) is 0 Å². The second-order valence-corrected chi connectivity index (χ2v) is 11.5. The highest BCUT2D eigenvalue weighted by Gasteiger charge is 2.27. The van der Waals surface area contributed by atoms with E-state index in [0.717, 1.165) is 47.2 Å². The molecule has 226 valence electrons. The lowest BCUT2D eigenvalue weighted by atomic mass is 9.94. The Kier molecular flexibility index (Phi) is 9.84. The van der Waals surface area contributed by atoms with E-state index in [4.69, 9.17) is 15.2 Å². The third-order valence-electron chi connectivity index (χ3n) is 8.22. The minimum absolute atomic E-state index is 0.0762. The molecule has 2 atom stereocenters. The molecule has 2 amide bonds. The standard InChI is InChI=1S/C34H40N4O5/c1-21-4-3-5-29(37-34(41)25-9-10-26(20-35)28(18-25)23-7-8-23)31-19-24(12-13-36-31)27-11-6-22(16-30(27)38-33(21)40)17-32(39)43-15-14-42-2/h6,9-13,16,18-19,21,23,29H,3-5,7-8,14-15,17,20,35H2,1-2H3,(H,37,41)(H,38,40)/t21-,29-/m0/s1. The fourth-order valence-corrected chi connectivity index (χ4v) is 5.57. The number of nitrogens with two attached hydrogens (primary N) is 1. The minimum atomic E-state index is -0.364. The number of methoxy groups -OCH3 is 1. The van der Waals surface area contributed by atoms with Gasteiger partial charge >= 0.3 is 5.97 Å². The summed E-state index contributed by atoms with van der Waals surface area (Å²) in [4.78, 5) is 43.7. The zero-order chi connectivity index (χ0) is 30.3. The van der Waals surface area contributed by atoms with Crippen LogP contribution in [0.5, 0.6) is 0 Å². The van der Waals surface area contributed by atoms with Crippen LogP contribution in [0.25, 0.3) is 11.1 Å². The fourth-order valence-electron chi connectivity index (χ4n) is 5.57. The third kappa shape index (κ3) is 7.66. The molecule has 1 fully saturated rings. The monoisotopic (exact) mass is 584 g/mol. The van der Waals surface area contributed by atoms with Gasteiger partial charge in [0.2, 0.25) is 5.91 Å². The van der Waals surface area contributed by atoms with Gasteiger partial charge in [0.1, 0.15) is 6.61 Å². The Morgan fingerprint density at radius 3 is 2.65 bits per heavy atom. The molecular formula is C34H40N4O5. The predicted molar refractivity (Wildman–Crippen MR) is 164 cm³/mol. The number of nitrogens with zero attached hydrogens (tertiary/aromatic N) is 1. The zero-order valence-corrected chi connectivity index (χ0v) is 24.9.